The number of thiocarbonyl (C=S) groups is 1. The number of ether oxygens (including phenoxy) is 1. The van der Waals surface area contributed by atoms with E-state index in [1.807, 2.05) is 42.5 Å². The molecular weight excluding hydrogens is 274 g/mol. The molecule has 19 heavy (non-hydrogen) atoms. The van der Waals surface area contributed by atoms with Crippen LogP contribution in [0.1, 0.15) is 17.2 Å². The van der Waals surface area contributed by atoms with Crippen LogP contribution >= 0.6 is 24.8 Å². The Labute approximate surface area is 124 Å². The number of methoxy groups -OCH3 is 1. The summed E-state index contributed by atoms with van der Waals surface area (Å²) in [6.07, 6.45) is 0. The van der Waals surface area contributed by atoms with Crippen LogP contribution in [0.3, 0.4) is 0 Å². The minimum atomic E-state index is -0.00268. The number of nitrogens with one attached hydrogen (secondary N) is 1. The van der Waals surface area contributed by atoms with Gasteiger partial charge in [-0.2, -0.15) is 0 Å². The lowest BCUT2D eigenvalue weighted by Gasteiger charge is -2.20. The summed E-state index contributed by atoms with van der Waals surface area (Å²) in [5.41, 5.74) is 2.26. The van der Waals surface area contributed by atoms with Crippen molar-refractivity contribution in [1.82, 2.24) is 5.32 Å². The van der Waals surface area contributed by atoms with E-state index in [9.17, 15) is 0 Å². The molecule has 0 fully saturated rings. The third-order valence-electron chi connectivity index (χ3n) is 2.85. The Morgan fingerprint density at radius 2 is 1.63 bits per heavy atom. The lowest BCUT2D eigenvalue weighted by molar-refractivity contribution is 0.414. The molecule has 2 rings (SSSR count). The first-order chi connectivity index (χ1) is 9.20. The maximum Gasteiger partial charge on any atom is 0.131 e. The molecule has 4 heteroatoms. The summed E-state index contributed by atoms with van der Waals surface area (Å²) < 4.78 is 5.65. The number of rotatable bonds is 4. The van der Waals surface area contributed by atoms with Crippen molar-refractivity contribution in [3.63, 3.8) is 0 Å². The van der Waals surface area contributed by atoms with Gasteiger partial charge in [-0.25, -0.2) is 0 Å². The van der Waals surface area contributed by atoms with Gasteiger partial charge in [-0.15, -0.1) is 12.6 Å². The van der Waals surface area contributed by atoms with Crippen molar-refractivity contribution in [1.29, 1.82) is 0 Å². The normalized spacial score (nSPS) is 11.7. The van der Waals surface area contributed by atoms with Gasteiger partial charge in [0.05, 0.1) is 13.2 Å². The van der Waals surface area contributed by atoms with E-state index in [-0.39, 0.29) is 6.04 Å². The second kappa shape index (κ2) is 6.59. The van der Waals surface area contributed by atoms with Crippen LogP contribution in [0, 0.1) is 0 Å². The van der Waals surface area contributed by atoms with Crippen LogP contribution in [-0.2, 0) is 0 Å². The molecule has 0 radical (unpaired) electrons. The SMILES string of the molecule is COc1ccc(C(NC(=S)S)c2ccccc2)cc1. The van der Waals surface area contributed by atoms with Gasteiger partial charge in [-0.05, 0) is 23.3 Å². The van der Waals surface area contributed by atoms with E-state index in [1.165, 1.54) is 0 Å². The van der Waals surface area contributed by atoms with Crippen LogP contribution in [-0.4, -0.2) is 11.4 Å². The van der Waals surface area contributed by atoms with E-state index in [0.717, 1.165) is 16.9 Å². The fraction of sp³-hybridized carbons (Fsp3) is 0.133. The summed E-state index contributed by atoms with van der Waals surface area (Å²) in [6, 6.07) is 18.1. The molecule has 0 amide bonds. The number of hydrogen-bond acceptors (Lipinski definition) is 2. The first kappa shape index (κ1) is 13.9. The highest BCUT2D eigenvalue weighted by Crippen LogP contribution is 2.24. The zero-order valence-corrected chi connectivity index (χ0v) is 12.2. The summed E-state index contributed by atoms with van der Waals surface area (Å²) in [5, 5.41) is 3.20. The van der Waals surface area contributed by atoms with E-state index in [2.05, 4.69) is 30.1 Å². The molecule has 2 nitrogen and oxygen atoms in total. The Balaban J connectivity index is 2.34. The summed E-state index contributed by atoms with van der Waals surface area (Å²) in [4.78, 5) is 0. The van der Waals surface area contributed by atoms with Gasteiger partial charge in [0.2, 0.25) is 0 Å². The highest BCUT2D eigenvalue weighted by atomic mass is 32.1. The fourth-order valence-corrected chi connectivity index (χ4v) is 2.17. The molecule has 1 unspecified atom stereocenters. The molecule has 0 aliphatic carbocycles. The second-order valence-corrected chi connectivity index (χ2v) is 5.22. The fourth-order valence-electron chi connectivity index (χ4n) is 1.92. The number of hydrogen-bond donors (Lipinski definition) is 2. The van der Waals surface area contributed by atoms with Crippen molar-refractivity contribution < 1.29 is 4.74 Å². The highest BCUT2D eigenvalue weighted by molar-refractivity contribution is 8.11. The molecule has 1 atom stereocenters. The Morgan fingerprint density at radius 1 is 1.05 bits per heavy atom. The average Bonchev–Trinajstić information content (AvgIpc) is 2.46. The van der Waals surface area contributed by atoms with Crippen molar-refractivity contribution in [2.45, 2.75) is 6.04 Å². The van der Waals surface area contributed by atoms with E-state index in [1.54, 1.807) is 7.11 Å². The van der Waals surface area contributed by atoms with Gasteiger partial charge in [-0.1, -0.05) is 54.7 Å². The lowest BCUT2D eigenvalue weighted by atomic mass is 9.99. The molecule has 0 aliphatic rings. The highest BCUT2D eigenvalue weighted by Gasteiger charge is 2.13. The van der Waals surface area contributed by atoms with Gasteiger partial charge in [0.15, 0.2) is 0 Å². The molecular formula is C15H15NOS2. The molecule has 0 aliphatic heterocycles. The van der Waals surface area contributed by atoms with Crippen LogP contribution in [0.25, 0.3) is 0 Å². The van der Waals surface area contributed by atoms with E-state index in [0.29, 0.717) is 4.32 Å². The lowest BCUT2D eigenvalue weighted by Crippen LogP contribution is -2.24. The van der Waals surface area contributed by atoms with Gasteiger partial charge < -0.3 is 10.1 Å². The molecule has 0 saturated carbocycles. The first-order valence-corrected chi connectivity index (χ1v) is 6.74. The third-order valence-corrected chi connectivity index (χ3v) is 3.10. The number of thiol groups is 1. The number of benzene rings is 2. The molecule has 0 saturated heterocycles. The summed E-state index contributed by atoms with van der Waals surface area (Å²) in [7, 11) is 1.66. The van der Waals surface area contributed by atoms with Gasteiger partial charge in [0.25, 0.3) is 0 Å². The van der Waals surface area contributed by atoms with Crippen LogP contribution in [0.5, 0.6) is 5.75 Å². The largest absolute Gasteiger partial charge is 0.497 e. The van der Waals surface area contributed by atoms with Crippen LogP contribution < -0.4 is 10.1 Å². The Kier molecular flexibility index (Phi) is 4.82. The maximum atomic E-state index is 5.17. The first-order valence-electron chi connectivity index (χ1n) is 5.89. The Hall–Kier alpha value is -1.52. The molecule has 0 aromatic heterocycles. The van der Waals surface area contributed by atoms with Gasteiger partial charge in [0, 0.05) is 0 Å². The Bertz CT molecular complexity index is 540. The van der Waals surface area contributed by atoms with Crippen molar-refractivity contribution in [2.75, 3.05) is 7.11 Å². The molecule has 0 bridgehead atoms. The summed E-state index contributed by atoms with van der Waals surface area (Å²) in [6.45, 7) is 0. The standard InChI is InChI=1S/C15H15NOS2/c1-17-13-9-7-12(8-10-13)14(16-15(18)19)11-5-3-2-4-6-11/h2-10,14H,1H3,(H2,16,18,19). The van der Waals surface area contributed by atoms with E-state index < -0.39 is 0 Å². The van der Waals surface area contributed by atoms with Crippen molar-refractivity contribution in [3.05, 3.63) is 65.7 Å². The minimum Gasteiger partial charge on any atom is -0.497 e. The predicted octanol–water partition coefficient (Wildman–Crippen LogP) is 3.59. The zero-order valence-electron chi connectivity index (χ0n) is 10.5. The van der Waals surface area contributed by atoms with Crippen molar-refractivity contribution in [3.8, 4) is 5.75 Å². The van der Waals surface area contributed by atoms with Gasteiger partial charge in [-0.3, -0.25) is 0 Å². The molecule has 0 spiro atoms. The summed E-state index contributed by atoms with van der Waals surface area (Å²) >= 11 is 9.22. The van der Waals surface area contributed by atoms with Crippen molar-refractivity contribution >= 4 is 29.2 Å². The van der Waals surface area contributed by atoms with Gasteiger partial charge >= 0.3 is 0 Å². The monoisotopic (exact) mass is 289 g/mol. The zero-order chi connectivity index (χ0) is 13.7. The maximum absolute atomic E-state index is 5.17. The molecule has 98 valence electrons. The third kappa shape index (κ3) is 3.72. The smallest absolute Gasteiger partial charge is 0.131 e. The molecule has 0 heterocycles. The van der Waals surface area contributed by atoms with Crippen LogP contribution in [0.2, 0.25) is 0 Å². The van der Waals surface area contributed by atoms with Gasteiger partial charge in [0.1, 0.15) is 10.1 Å². The van der Waals surface area contributed by atoms with Crippen LogP contribution in [0.4, 0.5) is 0 Å². The molecule has 2 aromatic rings. The summed E-state index contributed by atoms with van der Waals surface area (Å²) in [5.74, 6) is 0.837. The van der Waals surface area contributed by atoms with E-state index in [4.69, 9.17) is 17.0 Å². The van der Waals surface area contributed by atoms with E-state index >= 15 is 0 Å². The quantitative estimate of drug-likeness (QED) is 0.663. The predicted molar refractivity (Wildman–Crippen MR) is 86.0 cm³/mol. The Morgan fingerprint density at radius 3 is 2.16 bits per heavy atom. The second-order valence-electron chi connectivity index (χ2n) is 4.07. The van der Waals surface area contributed by atoms with Crippen LogP contribution in [0.15, 0.2) is 54.6 Å². The topological polar surface area (TPSA) is 21.3 Å². The average molecular weight is 289 g/mol. The molecule has 1 N–H and O–H groups in total. The van der Waals surface area contributed by atoms with Crippen molar-refractivity contribution in [2.24, 2.45) is 0 Å². The minimum absolute atomic E-state index is 0.00268. The molecule has 2 aromatic carbocycles.